The Morgan fingerprint density at radius 3 is 2.50 bits per heavy atom. The summed E-state index contributed by atoms with van der Waals surface area (Å²) in [5.41, 5.74) is 2.50. The monoisotopic (exact) mass is 324 g/mol. The number of aryl methyl sites for hydroxylation is 1. The zero-order valence-corrected chi connectivity index (χ0v) is 13.8. The minimum Gasteiger partial charge on any atom is -0.497 e. The normalized spacial score (nSPS) is 9.88. The first-order valence-electron chi connectivity index (χ1n) is 7.63. The molecular weight excluding hydrogens is 304 g/mol. The number of hydrogen-bond acceptors (Lipinski definition) is 4. The van der Waals surface area contributed by atoms with Gasteiger partial charge in [-0.15, -0.1) is 0 Å². The summed E-state index contributed by atoms with van der Waals surface area (Å²) < 4.78 is 10.5. The van der Waals surface area contributed by atoms with Crippen LogP contribution in [0.2, 0.25) is 0 Å². The second kappa shape index (κ2) is 8.59. The number of nitrogens with zero attached hydrogens (tertiary/aromatic N) is 1. The van der Waals surface area contributed by atoms with Crippen LogP contribution < -0.4 is 14.8 Å². The Morgan fingerprint density at radius 1 is 1.12 bits per heavy atom. The first-order chi connectivity index (χ1) is 11.7. The number of nitrogens with one attached hydrogen (secondary N) is 1. The van der Waals surface area contributed by atoms with Crippen LogP contribution in [0.25, 0.3) is 0 Å². The molecule has 2 rings (SSSR count). The molecule has 0 radical (unpaired) electrons. The van der Waals surface area contributed by atoms with Gasteiger partial charge < -0.3 is 14.8 Å². The number of hydrogen-bond donors (Lipinski definition) is 1. The molecule has 124 valence electrons. The standard InChI is InChI=1S/C19H20N2O3/c1-23-17-8-9-18(24-2)16(11-17)7-10-19(22)21-13-15-5-3-14(12-20)4-6-15/h3-6,8-9,11H,7,10,13H2,1-2H3,(H,21,22). The van der Waals surface area contributed by atoms with Gasteiger partial charge in [0.1, 0.15) is 11.5 Å². The Hall–Kier alpha value is -3.00. The van der Waals surface area contributed by atoms with Crippen LogP contribution in [0.5, 0.6) is 11.5 Å². The van der Waals surface area contributed by atoms with E-state index in [4.69, 9.17) is 14.7 Å². The summed E-state index contributed by atoms with van der Waals surface area (Å²) in [5, 5.41) is 11.6. The molecule has 0 heterocycles. The van der Waals surface area contributed by atoms with Crippen molar-refractivity contribution in [3.63, 3.8) is 0 Å². The van der Waals surface area contributed by atoms with Crippen molar-refractivity contribution in [2.75, 3.05) is 14.2 Å². The minimum atomic E-state index is -0.0377. The lowest BCUT2D eigenvalue weighted by molar-refractivity contribution is -0.121. The molecule has 0 saturated carbocycles. The van der Waals surface area contributed by atoms with Gasteiger partial charge in [-0.2, -0.15) is 5.26 Å². The third-order valence-electron chi connectivity index (χ3n) is 3.68. The minimum absolute atomic E-state index is 0.0377. The molecule has 0 aromatic heterocycles. The molecule has 5 nitrogen and oxygen atoms in total. The number of methoxy groups -OCH3 is 2. The van der Waals surface area contributed by atoms with E-state index in [1.807, 2.05) is 30.3 Å². The summed E-state index contributed by atoms with van der Waals surface area (Å²) in [5.74, 6) is 1.45. The van der Waals surface area contributed by atoms with Gasteiger partial charge in [-0.1, -0.05) is 12.1 Å². The maximum absolute atomic E-state index is 12.0. The molecule has 1 N–H and O–H groups in total. The lowest BCUT2D eigenvalue weighted by atomic mass is 10.1. The van der Waals surface area contributed by atoms with Gasteiger partial charge in [0.05, 0.1) is 25.9 Å². The third-order valence-corrected chi connectivity index (χ3v) is 3.68. The number of nitriles is 1. The van der Waals surface area contributed by atoms with E-state index in [2.05, 4.69) is 11.4 Å². The lowest BCUT2D eigenvalue weighted by Gasteiger charge is -2.10. The summed E-state index contributed by atoms with van der Waals surface area (Å²) in [6, 6.07) is 14.8. The Labute approximate surface area is 141 Å². The van der Waals surface area contributed by atoms with Crippen molar-refractivity contribution in [2.24, 2.45) is 0 Å². The van der Waals surface area contributed by atoms with E-state index in [1.165, 1.54) is 0 Å². The molecule has 0 spiro atoms. The molecule has 0 atom stereocenters. The van der Waals surface area contributed by atoms with Crippen molar-refractivity contribution >= 4 is 5.91 Å². The second-order valence-electron chi connectivity index (χ2n) is 5.26. The molecule has 2 aromatic carbocycles. The van der Waals surface area contributed by atoms with Crippen molar-refractivity contribution < 1.29 is 14.3 Å². The average Bonchev–Trinajstić information content (AvgIpc) is 2.64. The van der Waals surface area contributed by atoms with Crippen molar-refractivity contribution in [3.05, 3.63) is 59.2 Å². The van der Waals surface area contributed by atoms with E-state index in [-0.39, 0.29) is 5.91 Å². The van der Waals surface area contributed by atoms with E-state index in [1.54, 1.807) is 26.4 Å². The SMILES string of the molecule is COc1ccc(OC)c(CCC(=O)NCc2ccc(C#N)cc2)c1. The highest BCUT2D eigenvalue weighted by Gasteiger charge is 2.08. The van der Waals surface area contributed by atoms with Crippen LogP contribution in [-0.2, 0) is 17.8 Å². The van der Waals surface area contributed by atoms with Gasteiger partial charge in [0.2, 0.25) is 5.91 Å². The fraction of sp³-hybridized carbons (Fsp3) is 0.263. The first kappa shape index (κ1) is 17.4. The predicted molar refractivity (Wildman–Crippen MR) is 90.9 cm³/mol. The van der Waals surface area contributed by atoms with Gasteiger partial charge in [-0.3, -0.25) is 4.79 Å². The van der Waals surface area contributed by atoms with Crippen molar-refractivity contribution in [3.8, 4) is 17.6 Å². The summed E-state index contributed by atoms with van der Waals surface area (Å²) in [4.78, 5) is 12.0. The van der Waals surface area contributed by atoms with Crippen LogP contribution in [0.3, 0.4) is 0 Å². The van der Waals surface area contributed by atoms with Crippen LogP contribution >= 0.6 is 0 Å². The zero-order valence-electron chi connectivity index (χ0n) is 13.8. The van der Waals surface area contributed by atoms with Gasteiger partial charge in [0.25, 0.3) is 0 Å². The summed E-state index contributed by atoms with van der Waals surface area (Å²) in [6.07, 6.45) is 0.930. The molecule has 0 aliphatic heterocycles. The Bertz CT molecular complexity index is 733. The number of carbonyl (C=O) groups is 1. The fourth-order valence-corrected chi connectivity index (χ4v) is 2.31. The van der Waals surface area contributed by atoms with E-state index in [0.717, 1.165) is 22.6 Å². The third kappa shape index (κ3) is 4.75. The largest absolute Gasteiger partial charge is 0.497 e. The molecule has 2 aromatic rings. The van der Waals surface area contributed by atoms with Crippen molar-refractivity contribution in [1.29, 1.82) is 5.26 Å². The molecule has 0 fully saturated rings. The maximum Gasteiger partial charge on any atom is 0.220 e. The van der Waals surface area contributed by atoms with Crippen molar-refractivity contribution in [2.45, 2.75) is 19.4 Å². The van der Waals surface area contributed by atoms with Crippen LogP contribution in [-0.4, -0.2) is 20.1 Å². The number of rotatable bonds is 7. The predicted octanol–water partition coefficient (Wildman–Crippen LogP) is 2.82. The molecule has 5 heteroatoms. The van der Waals surface area contributed by atoms with Crippen LogP contribution in [0.4, 0.5) is 0 Å². The Morgan fingerprint density at radius 2 is 1.88 bits per heavy atom. The number of carbonyl (C=O) groups excluding carboxylic acids is 1. The van der Waals surface area contributed by atoms with E-state index in [9.17, 15) is 4.79 Å². The Balaban J connectivity index is 1.87. The van der Waals surface area contributed by atoms with Gasteiger partial charge in [-0.25, -0.2) is 0 Å². The van der Waals surface area contributed by atoms with E-state index < -0.39 is 0 Å². The van der Waals surface area contributed by atoms with Gasteiger partial charge in [-0.05, 0) is 47.9 Å². The molecule has 0 bridgehead atoms. The summed E-state index contributed by atoms with van der Waals surface area (Å²) in [7, 11) is 3.21. The lowest BCUT2D eigenvalue weighted by Crippen LogP contribution is -2.23. The summed E-state index contributed by atoms with van der Waals surface area (Å²) in [6.45, 7) is 0.444. The quantitative estimate of drug-likeness (QED) is 0.850. The van der Waals surface area contributed by atoms with Crippen molar-refractivity contribution in [1.82, 2.24) is 5.32 Å². The number of amides is 1. The number of benzene rings is 2. The molecule has 0 aliphatic rings. The molecular formula is C19H20N2O3. The van der Waals surface area contributed by atoms with Gasteiger partial charge in [0, 0.05) is 13.0 Å². The highest BCUT2D eigenvalue weighted by Crippen LogP contribution is 2.25. The van der Waals surface area contributed by atoms with Crippen LogP contribution in [0, 0.1) is 11.3 Å². The van der Waals surface area contributed by atoms with Gasteiger partial charge >= 0.3 is 0 Å². The molecule has 0 aliphatic carbocycles. The van der Waals surface area contributed by atoms with E-state index >= 15 is 0 Å². The topological polar surface area (TPSA) is 71.3 Å². The molecule has 1 amide bonds. The fourth-order valence-electron chi connectivity index (χ4n) is 2.31. The van der Waals surface area contributed by atoms with Crippen LogP contribution in [0.15, 0.2) is 42.5 Å². The van der Waals surface area contributed by atoms with Crippen LogP contribution in [0.1, 0.15) is 23.1 Å². The van der Waals surface area contributed by atoms with Gasteiger partial charge in [0.15, 0.2) is 0 Å². The first-order valence-corrected chi connectivity index (χ1v) is 7.63. The molecule has 0 saturated heterocycles. The second-order valence-corrected chi connectivity index (χ2v) is 5.26. The average molecular weight is 324 g/mol. The highest BCUT2D eigenvalue weighted by molar-refractivity contribution is 5.76. The highest BCUT2D eigenvalue weighted by atomic mass is 16.5. The van der Waals surface area contributed by atoms with E-state index in [0.29, 0.717) is 24.9 Å². The zero-order chi connectivity index (χ0) is 17.4. The Kier molecular flexibility index (Phi) is 6.21. The maximum atomic E-state index is 12.0. The molecule has 24 heavy (non-hydrogen) atoms. The molecule has 0 unspecified atom stereocenters. The summed E-state index contributed by atoms with van der Waals surface area (Å²) >= 11 is 0. The smallest absolute Gasteiger partial charge is 0.220 e. The number of ether oxygens (including phenoxy) is 2.